The van der Waals surface area contributed by atoms with E-state index in [9.17, 15) is 9.59 Å². The van der Waals surface area contributed by atoms with Gasteiger partial charge in [0.05, 0.1) is 6.54 Å². The molecule has 6 heteroatoms. The fraction of sp³-hybridized carbons (Fsp3) is 0.167. The van der Waals surface area contributed by atoms with Crippen molar-refractivity contribution >= 4 is 22.9 Å². The molecule has 2 aromatic rings. The number of aromatic nitrogens is 1. The zero-order valence-corrected chi connectivity index (χ0v) is 10.6. The predicted octanol–water partition coefficient (Wildman–Crippen LogP) is 1.26. The number of benzene rings is 1. The van der Waals surface area contributed by atoms with E-state index >= 15 is 0 Å². The van der Waals surface area contributed by atoms with E-state index in [-0.39, 0.29) is 10.8 Å². The first-order valence-electron chi connectivity index (χ1n) is 5.38. The highest BCUT2D eigenvalue weighted by Crippen LogP contribution is 2.15. The van der Waals surface area contributed by atoms with E-state index in [4.69, 9.17) is 5.73 Å². The number of nitrogens with one attached hydrogen (secondary N) is 2. The van der Waals surface area contributed by atoms with Gasteiger partial charge in [-0.2, -0.15) is 0 Å². The fourth-order valence-corrected chi connectivity index (χ4v) is 2.15. The van der Waals surface area contributed by atoms with Crippen LogP contribution in [0.3, 0.4) is 0 Å². The largest absolute Gasteiger partial charge is 0.398 e. The summed E-state index contributed by atoms with van der Waals surface area (Å²) in [6.45, 7) is 2.10. The molecular weight excluding hydrogens is 250 g/mol. The van der Waals surface area contributed by atoms with Gasteiger partial charge >= 0.3 is 4.87 Å². The van der Waals surface area contributed by atoms with Crippen molar-refractivity contribution in [2.75, 3.05) is 5.73 Å². The van der Waals surface area contributed by atoms with E-state index in [1.807, 2.05) is 0 Å². The SMILES string of the molecule is Cc1c(N)cccc1C(=O)NCc1csc(=O)[nH]1. The van der Waals surface area contributed by atoms with Gasteiger partial charge in [-0.25, -0.2) is 0 Å². The smallest absolute Gasteiger partial charge is 0.304 e. The summed E-state index contributed by atoms with van der Waals surface area (Å²) in [5, 5.41) is 4.43. The van der Waals surface area contributed by atoms with Gasteiger partial charge < -0.3 is 16.0 Å². The summed E-state index contributed by atoms with van der Waals surface area (Å²) in [6, 6.07) is 5.21. The van der Waals surface area contributed by atoms with Crippen molar-refractivity contribution in [2.24, 2.45) is 0 Å². The van der Waals surface area contributed by atoms with Gasteiger partial charge in [0.2, 0.25) is 0 Å². The molecule has 4 N–H and O–H groups in total. The molecular formula is C12H13N3O2S. The first-order chi connectivity index (χ1) is 8.58. The Kier molecular flexibility index (Phi) is 3.47. The molecule has 0 fully saturated rings. The Morgan fingerprint density at radius 1 is 1.50 bits per heavy atom. The number of rotatable bonds is 3. The van der Waals surface area contributed by atoms with Gasteiger partial charge in [0.1, 0.15) is 0 Å². The predicted molar refractivity (Wildman–Crippen MR) is 71.7 cm³/mol. The summed E-state index contributed by atoms with van der Waals surface area (Å²) in [5.41, 5.74) is 8.33. The van der Waals surface area contributed by atoms with Crippen LogP contribution in [-0.4, -0.2) is 10.9 Å². The average Bonchev–Trinajstić information content (AvgIpc) is 2.76. The third-order valence-corrected chi connectivity index (χ3v) is 3.35. The molecule has 0 aliphatic rings. The standard InChI is InChI=1S/C12H13N3O2S/c1-7-9(3-2-4-10(7)13)11(16)14-5-8-6-18-12(17)15-8/h2-4,6H,5,13H2,1H3,(H,14,16)(H,15,17). The van der Waals surface area contributed by atoms with Crippen molar-refractivity contribution in [3.63, 3.8) is 0 Å². The highest BCUT2D eigenvalue weighted by atomic mass is 32.1. The van der Waals surface area contributed by atoms with Crippen molar-refractivity contribution < 1.29 is 4.79 Å². The maximum absolute atomic E-state index is 11.9. The molecule has 0 radical (unpaired) electrons. The third-order valence-electron chi connectivity index (χ3n) is 2.63. The molecule has 18 heavy (non-hydrogen) atoms. The normalized spacial score (nSPS) is 10.3. The molecule has 0 aliphatic heterocycles. The average molecular weight is 263 g/mol. The molecule has 1 aromatic carbocycles. The lowest BCUT2D eigenvalue weighted by atomic mass is 10.1. The molecule has 94 valence electrons. The Morgan fingerprint density at radius 2 is 2.28 bits per heavy atom. The molecule has 5 nitrogen and oxygen atoms in total. The van der Waals surface area contributed by atoms with E-state index in [1.165, 1.54) is 0 Å². The van der Waals surface area contributed by atoms with Crippen LogP contribution in [0.4, 0.5) is 5.69 Å². The number of aromatic amines is 1. The maximum Gasteiger partial charge on any atom is 0.304 e. The Labute approximate surface area is 108 Å². The van der Waals surface area contributed by atoms with Crippen LogP contribution >= 0.6 is 11.3 Å². The van der Waals surface area contributed by atoms with Gasteiger partial charge in [-0.15, -0.1) is 0 Å². The molecule has 0 aliphatic carbocycles. The van der Waals surface area contributed by atoms with Crippen LogP contribution in [0, 0.1) is 6.92 Å². The molecule has 0 saturated carbocycles. The second-order valence-electron chi connectivity index (χ2n) is 3.88. The minimum atomic E-state index is -0.202. The summed E-state index contributed by atoms with van der Waals surface area (Å²) in [5.74, 6) is -0.202. The fourth-order valence-electron chi connectivity index (χ4n) is 1.57. The lowest BCUT2D eigenvalue weighted by Crippen LogP contribution is -2.24. The zero-order valence-electron chi connectivity index (χ0n) is 9.82. The molecule has 0 bridgehead atoms. The molecule has 0 spiro atoms. The number of carbonyl (C=O) groups is 1. The van der Waals surface area contributed by atoms with Gasteiger partial charge in [-0.05, 0) is 24.6 Å². The molecule has 1 heterocycles. The summed E-state index contributed by atoms with van der Waals surface area (Å²) in [7, 11) is 0. The number of hydrogen-bond donors (Lipinski definition) is 3. The van der Waals surface area contributed by atoms with Crippen LogP contribution in [0.2, 0.25) is 0 Å². The van der Waals surface area contributed by atoms with E-state index in [0.29, 0.717) is 23.5 Å². The third kappa shape index (κ3) is 2.60. The molecule has 0 saturated heterocycles. The monoisotopic (exact) mass is 263 g/mol. The highest BCUT2D eigenvalue weighted by molar-refractivity contribution is 7.07. The number of H-pyrrole nitrogens is 1. The van der Waals surface area contributed by atoms with Crippen LogP contribution in [0.15, 0.2) is 28.4 Å². The van der Waals surface area contributed by atoms with Gasteiger partial charge in [0.25, 0.3) is 5.91 Å². The number of nitrogen functional groups attached to an aromatic ring is 1. The van der Waals surface area contributed by atoms with Crippen molar-refractivity contribution in [3.8, 4) is 0 Å². The van der Waals surface area contributed by atoms with E-state index in [0.717, 1.165) is 16.9 Å². The van der Waals surface area contributed by atoms with Crippen LogP contribution in [0.5, 0.6) is 0 Å². The minimum absolute atomic E-state index is 0.126. The van der Waals surface area contributed by atoms with Crippen LogP contribution in [0.25, 0.3) is 0 Å². The zero-order chi connectivity index (χ0) is 13.1. The summed E-state index contributed by atoms with van der Waals surface area (Å²) in [6.07, 6.45) is 0. The Balaban J connectivity index is 2.08. The summed E-state index contributed by atoms with van der Waals surface area (Å²) >= 11 is 1.08. The molecule has 0 unspecified atom stereocenters. The Bertz CT molecular complexity index is 630. The maximum atomic E-state index is 11.9. The van der Waals surface area contributed by atoms with E-state index in [1.54, 1.807) is 30.5 Å². The Morgan fingerprint density at radius 3 is 2.94 bits per heavy atom. The topological polar surface area (TPSA) is 88.0 Å². The lowest BCUT2D eigenvalue weighted by Gasteiger charge is -2.08. The van der Waals surface area contributed by atoms with Crippen molar-refractivity contribution in [1.29, 1.82) is 0 Å². The number of nitrogens with two attached hydrogens (primary N) is 1. The quantitative estimate of drug-likeness (QED) is 0.728. The summed E-state index contributed by atoms with van der Waals surface area (Å²) in [4.78, 5) is 25.4. The van der Waals surface area contributed by atoms with Crippen LogP contribution in [0.1, 0.15) is 21.6 Å². The van der Waals surface area contributed by atoms with Gasteiger partial charge in [-0.3, -0.25) is 9.59 Å². The van der Waals surface area contributed by atoms with Gasteiger partial charge in [-0.1, -0.05) is 17.4 Å². The Hall–Kier alpha value is -2.08. The molecule has 1 aromatic heterocycles. The van der Waals surface area contributed by atoms with Crippen molar-refractivity contribution in [3.05, 3.63) is 50.1 Å². The molecule has 2 rings (SSSR count). The van der Waals surface area contributed by atoms with Crippen LogP contribution < -0.4 is 15.9 Å². The highest BCUT2D eigenvalue weighted by Gasteiger charge is 2.10. The molecule has 1 amide bonds. The second-order valence-corrected chi connectivity index (χ2v) is 4.72. The van der Waals surface area contributed by atoms with Gasteiger partial charge in [0, 0.05) is 22.3 Å². The number of carbonyl (C=O) groups excluding carboxylic acids is 1. The first kappa shape index (κ1) is 12.4. The van der Waals surface area contributed by atoms with E-state index in [2.05, 4.69) is 10.3 Å². The number of anilines is 1. The second kappa shape index (κ2) is 5.05. The van der Waals surface area contributed by atoms with E-state index < -0.39 is 0 Å². The number of amides is 1. The summed E-state index contributed by atoms with van der Waals surface area (Å²) < 4.78 is 0. The molecule has 0 atom stereocenters. The van der Waals surface area contributed by atoms with Gasteiger partial charge in [0.15, 0.2) is 0 Å². The number of thiazole rings is 1. The minimum Gasteiger partial charge on any atom is -0.398 e. The number of hydrogen-bond acceptors (Lipinski definition) is 4. The lowest BCUT2D eigenvalue weighted by molar-refractivity contribution is 0.0950. The van der Waals surface area contributed by atoms with Crippen LogP contribution in [-0.2, 0) is 6.54 Å². The van der Waals surface area contributed by atoms with Crippen molar-refractivity contribution in [2.45, 2.75) is 13.5 Å². The van der Waals surface area contributed by atoms with Crippen molar-refractivity contribution in [1.82, 2.24) is 10.3 Å². The first-order valence-corrected chi connectivity index (χ1v) is 6.26.